The zero-order valence-corrected chi connectivity index (χ0v) is 18.3. The third-order valence-electron chi connectivity index (χ3n) is 5.58. The summed E-state index contributed by atoms with van der Waals surface area (Å²) < 4.78 is 7.45. The molecule has 1 amide bonds. The van der Waals surface area contributed by atoms with Gasteiger partial charge in [0.1, 0.15) is 11.6 Å². The van der Waals surface area contributed by atoms with Gasteiger partial charge in [-0.1, -0.05) is 0 Å². The fraction of sp³-hybridized carbons (Fsp3) is 0.455. The summed E-state index contributed by atoms with van der Waals surface area (Å²) in [6.07, 6.45) is 2.06. The molecule has 4 heterocycles. The van der Waals surface area contributed by atoms with Crippen LogP contribution in [0.2, 0.25) is 0 Å². The molecule has 0 aliphatic carbocycles. The molecule has 31 heavy (non-hydrogen) atoms. The molecular weight excluding hydrogens is 394 g/mol. The number of rotatable bonds is 6. The fourth-order valence-electron chi connectivity index (χ4n) is 3.90. The topological polar surface area (TPSA) is 115 Å². The summed E-state index contributed by atoms with van der Waals surface area (Å²) in [5.74, 6) is 3.15. The van der Waals surface area contributed by atoms with Gasteiger partial charge in [-0.25, -0.2) is 14.6 Å². The third kappa shape index (κ3) is 5.00. The molecule has 9 nitrogen and oxygen atoms in total. The molecule has 0 radical (unpaired) electrons. The van der Waals surface area contributed by atoms with Crippen molar-refractivity contribution in [2.24, 2.45) is 11.7 Å². The van der Waals surface area contributed by atoms with Crippen LogP contribution in [0.4, 0.5) is 5.82 Å². The Morgan fingerprint density at radius 3 is 2.58 bits per heavy atom. The molecular formula is C22H29N7O2. The molecule has 0 aromatic carbocycles. The van der Waals surface area contributed by atoms with Crippen molar-refractivity contribution in [3.8, 4) is 17.4 Å². The number of carbonyl (C=O) groups excluding carboxylic acids is 1. The Hall–Kier alpha value is -3.04. The lowest BCUT2D eigenvalue weighted by molar-refractivity contribution is -0.117. The molecule has 164 valence electrons. The molecule has 9 heteroatoms. The number of hydrogen-bond donors (Lipinski definition) is 2. The van der Waals surface area contributed by atoms with E-state index in [1.165, 1.54) is 0 Å². The van der Waals surface area contributed by atoms with Crippen molar-refractivity contribution >= 4 is 11.7 Å². The molecule has 1 saturated heterocycles. The molecule has 3 N–H and O–H groups in total. The Morgan fingerprint density at radius 1 is 1.19 bits per heavy atom. The van der Waals surface area contributed by atoms with Gasteiger partial charge in [0.2, 0.25) is 5.91 Å². The molecule has 3 aromatic heterocycles. The van der Waals surface area contributed by atoms with Crippen molar-refractivity contribution in [1.29, 1.82) is 0 Å². The normalized spacial score (nSPS) is 15.4. The first-order valence-electron chi connectivity index (χ1n) is 10.6. The largest absolute Gasteiger partial charge is 0.458 e. The number of piperidine rings is 1. The molecule has 0 spiro atoms. The van der Waals surface area contributed by atoms with E-state index in [-0.39, 0.29) is 5.91 Å². The van der Waals surface area contributed by atoms with E-state index in [1.807, 2.05) is 39.0 Å². The van der Waals surface area contributed by atoms with Crippen LogP contribution in [0, 0.1) is 26.7 Å². The minimum absolute atomic E-state index is 0.106. The van der Waals surface area contributed by atoms with Gasteiger partial charge in [0.15, 0.2) is 17.4 Å². The Kier molecular flexibility index (Phi) is 6.15. The number of furan rings is 1. The standard InChI is InChI=1S/C22H29N7O2/c1-14-10-15(2)29(27-14)20-11-19(25-22(26-20)18-5-4-16(3)31-18)24-21(30)13-28-8-6-17(12-23)7-9-28/h4-5,10-11,17H,6-9,12-13,23H2,1-3H3,(H,24,25,26,30). The van der Waals surface area contributed by atoms with E-state index >= 15 is 0 Å². The van der Waals surface area contributed by atoms with Crippen LogP contribution in [0.15, 0.2) is 28.7 Å². The van der Waals surface area contributed by atoms with Gasteiger partial charge in [0.25, 0.3) is 0 Å². The minimum Gasteiger partial charge on any atom is -0.458 e. The summed E-state index contributed by atoms with van der Waals surface area (Å²) >= 11 is 0. The lowest BCUT2D eigenvalue weighted by Gasteiger charge is -2.30. The number of aromatic nitrogens is 4. The highest BCUT2D eigenvalue weighted by Gasteiger charge is 2.21. The Bertz CT molecular complexity index is 1060. The lowest BCUT2D eigenvalue weighted by atomic mass is 9.97. The number of nitrogens with zero attached hydrogens (tertiary/aromatic N) is 5. The van der Waals surface area contributed by atoms with E-state index in [0.29, 0.717) is 42.2 Å². The molecule has 0 bridgehead atoms. The second kappa shape index (κ2) is 8.99. The highest BCUT2D eigenvalue weighted by molar-refractivity contribution is 5.91. The number of amides is 1. The zero-order chi connectivity index (χ0) is 22.0. The first-order chi connectivity index (χ1) is 14.9. The number of nitrogens with one attached hydrogen (secondary N) is 1. The fourth-order valence-corrected chi connectivity index (χ4v) is 3.90. The van der Waals surface area contributed by atoms with Crippen LogP contribution < -0.4 is 11.1 Å². The summed E-state index contributed by atoms with van der Waals surface area (Å²) in [5.41, 5.74) is 7.59. The summed E-state index contributed by atoms with van der Waals surface area (Å²) in [6, 6.07) is 7.39. The average Bonchev–Trinajstić information content (AvgIpc) is 3.33. The lowest BCUT2D eigenvalue weighted by Crippen LogP contribution is -2.40. The van der Waals surface area contributed by atoms with Crippen LogP contribution in [0.5, 0.6) is 0 Å². The van der Waals surface area contributed by atoms with E-state index in [9.17, 15) is 4.79 Å². The molecule has 0 unspecified atom stereocenters. The van der Waals surface area contributed by atoms with Gasteiger partial charge in [-0.05, 0) is 77.4 Å². The first-order valence-corrected chi connectivity index (χ1v) is 10.6. The van der Waals surface area contributed by atoms with Crippen LogP contribution in [0.25, 0.3) is 17.4 Å². The van der Waals surface area contributed by atoms with Gasteiger partial charge < -0.3 is 15.5 Å². The number of likely N-dealkylation sites (tertiary alicyclic amines) is 1. The van der Waals surface area contributed by atoms with E-state index in [2.05, 4.69) is 25.3 Å². The van der Waals surface area contributed by atoms with Crippen LogP contribution in [-0.4, -0.2) is 56.7 Å². The van der Waals surface area contributed by atoms with Crippen LogP contribution in [-0.2, 0) is 4.79 Å². The van der Waals surface area contributed by atoms with Crippen LogP contribution in [0.1, 0.15) is 30.0 Å². The van der Waals surface area contributed by atoms with Gasteiger partial charge in [-0.15, -0.1) is 0 Å². The number of aryl methyl sites for hydroxylation is 3. The molecule has 3 aromatic rings. The SMILES string of the molecule is Cc1cc(C)n(-c2cc(NC(=O)CN3CCC(CN)CC3)nc(-c3ccc(C)o3)n2)n1. The maximum absolute atomic E-state index is 12.7. The summed E-state index contributed by atoms with van der Waals surface area (Å²) in [4.78, 5) is 24.0. The van der Waals surface area contributed by atoms with E-state index in [1.54, 1.807) is 10.7 Å². The third-order valence-corrected chi connectivity index (χ3v) is 5.58. The van der Waals surface area contributed by atoms with Gasteiger partial charge >= 0.3 is 0 Å². The summed E-state index contributed by atoms with van der Waals surface area (Å²) in [6.45, 7) is 8.56. The number of anilines is 1. The number of nitrogens with two attached hydrogens (primary N) is 1. The van der Waals surface area contributed by atoms with E-state index in [4.69, 9.17) is 10.2 Å². The Labute approximate surface area is 181 Å². The van der Waals surface area contributed by atoms with Gasteiger partial charge in [0, 0.05) is 11.8 Å². The van der Waals surface area contributed by atoms with Crippen molar-refractivity contribution in [2.75, 3.05) is 31.5 Å². The average molecular weight is 424 g/mol. The quantitative estimate of drug-likeness (QED) is 0.626. The molecule has 0 atom stereocenters. The van der Waals surface area contributed by atoms with E-state index < -0.39 is 0 Å². The second-order valence-corrected chi connectivity index (χ2v) is 8.19. The molecule has 0 saturated carbocycles. The van der Waals surface area contributed by atoms with Crippen molar-refractivity contribution in [1.82, 2.24) is 24.6 Å². The predicted octanol–water partition coefficient (Wildman–Crippen LogP) is 2.46. The van der Waals surface area contributed by atoms with Crippen LogP contribution >= 0.6 is 0 Å². The van der Waals surface area contributed by atoms with Crippen molar-refractivity contribution in [2.45, 2.75) is 33.6 Å². The molecule has 1 aliphatic heterocycles. The number of hydrogen-bond acceptors (Lipinski definition) is 7. The zero-order valence-electron chi connectivity index (χ0n) is 18.3. The Balaban J connectivity index is 1.57. The maximum Gasteiger partial charge on any atom is 0.239 e. The highest BCUT2D eigenvalue weighted by Crippen LogP contribution is 2.23. The van der Waals surface area contributed by atoms with Gasteiger partial charge in [-0.3, -0.25) is 9.69 Å². The van der Waals surface area contributed by atoms with Crippen molar-refractivity contribution < 1.29 is 9.21 Å². The smallest absolute Gasteiger partial charge is 0.239 e. The van der Waals surface area contributed by atoms with E-state index in [0.717, 1.165) is 43.1 Å². The predicted molar refractivity (Wildman–Crippen MR) is 118 cm³/mol. The number of carbonyl (C=O) groups is 1. The van der Waals surface area contributed by atoms with Crippen molar-refractivity contribution in [3.05, 3.63) is 41.4 Å². The summed E-state index contributed by atoms with van der Waals surface area (Å²) in [7, 11) is 0. The van der Waals surface area contributed by atoms with Gasteiger partial charge in [0.05, 0.1) is 12.2 Å². The molecule has 4 rings (SSSR count). The minimum atomic E-state index is -0.106. The Morgan fingerprint density at radius 2 is 1.97 bits per heavy atom. The van der Waals surface area contributed by atoms with Crippen LogP contribution in [0.3, 0.4) is 0 Å². The molecule has 1 fully saturated rings. The molecule has 1 aliphatic rings. The maximum atomic E-state index is 12.7. The van der Waals surface area contributed by atoms with Crippen molar-refractivity contribution in [3.63, 3.8) is 0 Å². The monoisotopic (exact) mass is 423 g/mol. The first kappa shape index (κ1) is 21.2. The highest BCUT2D eigenvalue weighted by atomic mass is 16.3. The summed E-state index contributed by atoms with van der Waals surface area (Å²) in [5, 5.41) is 7.44. The second-order valence-electron chi connectivity index (χ2n) is 8.19. The van der Waals surface area contributed by atoms with Gasteiger partial charge in [-0.2, -0.15) is 5.10 Å².